The molecule has 21 heavy (non-hydrogen) atoms. The summed E-state index contributed by atoms with van der Waals surface area (Å²) in [4.78, 5) is 0.168. The van der Waals surface area contributed by atoms with Crippen molar-refractivity contribution >= 4 is 9.84 Å². The summed E-state index contributed by atoms with van der Waals surface area (Å²) in [6.07, 6.45) is 2.40. The summed E-state index contributed by atoms with van der Waals surface area (Å²) < 4.78 is 28.7. The molecule has 2 rings (SSSR count). The number of pyridine rings is 1. The molecule has 1 aromatic carbocycles. The lowest BCUT2D eigenvalue weighted by Crippen LogP contribution is -2.28. The molecule has 1 heterocycles. The summed E-state index contributed by atoms with van der Waals surface area (Å²) >= 11 is 0. The lowest BCUT2D eigenvalue weighted by Gasteiger charge is -2.02. The van der Waals surface area contributed by atoms with Crippen molar-refractivity contribution in [2.75, 3.05) is 13.4 Å². The van der Waals surface area contributed by atoms with Gasteiger partial charge in [-0.25, -0.2) is 8.42 Å². The molecule has 0 spiro atoms. The van der Waals surface area contributed by atoms with Gasteiger partial charge in [0.15, 0.2) is 16.0 Å². The molecule has 5 nitrogen and oxygen atoms in total. The van der Waals surface area contributed by atoms with Crippen LogP contribution < -0.4 is 9.47 Å². The van der Waals surface area contributed by atoms with Crippen molar-refractivity contribution in [1.29, 1.82) is 0 Å². The van der Waals surface area contributed by atoms with Gasteiger partial charge in [-0.15, -0.1) is 4.73 Å². The van der Waals surface area contributed by atoms with Gasteiger partial charge in [0.05, 0.1) is 23.6 Å². The number of methoxy groups -OCH3 is 1. The van der Waals surface area contributed by atoms with E-state index in [2.05, 4.69) is 11.8 Å². The first-order valence-electron chi connectivity index (χ1n) is 6.00. The number of aromatic nitrogens is 1. The van der Waals surface area contributed by atoms with Crippen molar-refractivity contribution in [3.05, 3.63) is 58.9 Å². The molecule has 0 fully saturated rings. The standard InChI is InChI=1S/C15H13NO4S/c1-20-15-10-8-12(11-16(15)17)7-9-13-5-3-4-6-14(13)21(2,18)19/h3-6,8,10-11H,1-2H3. The molecule has 0 unspecified atom stereocenters. The Kier molecular flexibility index (Phi) is 4.15. The van der Waals surface area contributed by atoms with Crippen LogP contribution in [0.4, 0.5) is 0 Å². The number of hydrogen-bond acceptors (Lipinski definition) is 4. The third kappa shape index (κ3) is 3.52. The minimum absolute atomic E-state index is 0.164. The van der Waals surface area contributed by atoms with E-state index < -0.39 is 9.84 Å². The molecule has 0 saturated heterocycles. The van der Waals surface area contributed by atoms with E-state index in [0.29, 0.717) is 15.9 Å². The van der Waals surface area contributed by atoms with Crippen molar-refractivity contribution in [3.63, 3.8) is 0 Å². The highest BCUT2D eigenvalue weighted by Gasteiger charge is 2.10. The van der Waals surface area contributed by atoms with Gasteiger partial charge in [-0.1, -0.05) is 24.0 Å². The summed E-state index contributed by atoms with van der Waals surface area (Å²) in [7, 11) is -1.95. The second-order valence-corrected chi connectivity index (χ2v) is 6.29. The molecule has 0 radical (unpaired) electrons. The summed E-state index contributed by atoms with van der Waals surface area (Å²) in [5.41, 5.74) is 0.863. The largest absolute Gasteiger partial charge is 0.616 e. The molecular formula is C15H13NO4S. The van der Waals surface area contributed by atoms with E-state index in [0.717, 1.165) is 6.26 Å². The van der Waals surface area contributed by atoms with Gasteiger partial charge in [-0.05, 0) is 18.2 Å². The first kappa shape index (κ1) is 14.9. The second-order valence-electron chi connectivity index (χ2n) is 4.30. The van der Waals surface area contributed by atoms with Crippen molar-refractivity contribution in [3.8, 4) is 17.7 Å². The first-order valence-corrected chi connectivity index (χ1v) is 7.89. The van der Waals surface area contributed by atoms with Gasteiger partial charge in [-0.2, -0.15) is 0 Å². The molecule has 0 aliphatic rings. The van der Waals surface area contributed by atoms with E-state index in [-0.39, 0.29) is 10.8 Å². The molecule has 0 atom stereocenters. The predicted octanol–water partition coefficient (Wildman–Crippen LogP) is 1.13. The Morgan fingerprint density at radius 1 is 1.14 bits per heavy atom. The van der Waals surface area contributed by atoms with E-state index >= 15 is 0 Å². The van der Waals surface area contributed by atoms with Gasteiger partial charge in [0, 0.05) is 11.8 Å². The van der Waals surface area contributed by atoms with Crippen LogP contribution in [-0.4, -0.2) is 21.8 Å². The van der Waals surface area contributed by atoms with Crippen LogP contribution in [0.1, 0.15) is 11.1 Å². The van der Waals surface area contributed by atoms with Crippen LogP contribution in [0.2, 0.25) is 0 Å². The summed E-state index contributed by atoms with van der Waals surface area (Å²) in [5.74, 6) is 5.72. The fourth-order valence-corrected chi connectivity index (χ4v) is 2.58. The Bertz CT molecular complexity index is 832. The first-order chi connectivity index (χ1) is 9.91. The molecule has 6 heteroatoms. The Morgan fingerprint density at radius 3 is 2.48 bits per heavy atom. The molecule has 0 bridgehead atoms. The molecule has 0 aliphatic carbocycles. The monoisotopic (exact) mass is 303 g/mol. The van der Waals surface area contributed by atoms with Crippen molar-refractivity contribution in [1.82, 2.24) is 0 Å². The predicted molar refractivity (Wildman–Crippen MR) is 77.5 cm³/mol. The number of nitrogens with zero attached hydrogens (tertiary/aromatic N) is 1. The van der Waals surface area contributed by atoms with Crippen LogP contribution in [0, 0.1) is 17.0 Å². The van der Waals surface area contributed by atoms with Gasteiger partial charge in [0.2, 0.25) is 0 Å². The Hall–Kier alpha value is -2.52. The van der Waals surface area contributed by atoms with Gasteiger partial charge < -0.3 is 9.94 Å². The van der Waals surface area contributed by atoms with Crippen molar-refractivity contribution in [2.45, 2.75) is 4.90 Å². The van der Waals surface area contributed by atoms with Gasteiger partial charge in [-0.3, -0.25) is 0 Å². The van der Waals surface area contributed by atoms with E-state index in [4.69, 9.17) is 4.74 Å². The molecule has 108 valence electrons. The van der Waals surface area contributed by atoms with Crippen LogP contribution in [0.3, 0.4) is 0 Å². The SMILES string of the molecule is COc1ccc(C#Cc2ccccc2S(C)(=O)=O)c[n+]1[O-]. The molecule has 2 aromatic rings. The molecule has 0 amide bonds. The highest BCUT2D eigenvalue weighted by atomic mass is 32.2. The summed E-state index contributed by atoms with van der Waals surface area (Å²) in [6.45, 7) is 0. The maximum absolute atomic E-state index is 11.7. The highest BCUT2D eigenvalue weighted by molar-refractivity contribution is 7.90. The molecular weight excluding hydrogens is 290 g/mol. The van der Waals surface area contributed by atoms with Crippen LogP contribution >= 0.6 is 0 Å². The van der Waals surface area contributed by atoms with E-state index in [1.165, 1.54) is 25.4 Å². The zero-order chi connectivity index (χ0) is 15.5. The fraction of sp³-hybridized carbons (Fsp3) is 0.133. The molecule has 0 aliphatic heterocycles. The van der Waals surface area contributed by atoms with Crippen molar-refractivity contribution in [2.24, 2.45) is 0 Å². The maximum atomic E-state index is 11.7. The average molecular weight is 303 g/mol. The van der Waals surface area contributed by atoms with E-state index in [9.17, 15) is 13.6 Å². The number of ether oxygens (including phenoxy) is 1. The fourth-order valence-electron chi connectivity index (χ4n) is 1.73. The lowest BCUT2D eigenvalue weighted by molar-refractivity contribution is -0.612. The lowest BCUT2D eigenvalue weighted by atomic mass is 10.2. The normalized spacial score (nSPS) is 10.6. The van der Waals surface area contributed by atoms with Crippen LogP contribution in [0.5, 0.6) is 5.88 Å². The number of rotatable bonds is 2. The van der Waals surface area contributed by atoms with Crippen LogP contribution in [0.15, 0.2) is 47.5 Å². The summed E-state index contributed by atoms with van der Waals surface area (Å²) in [5, 5.41) is 11.5. The smallest absolute Gasteiger partial charge is 0.379 e. The zero-order valence-corrected chi connectivity index (χ0v) is 12.3. The highest BCUT2D eigenvalue weighted by Crippen LogP contribution is 2.14. The van der Waals surface area contributed by atoms with Gasteiger partial charge in [0.1, 0.15) is 0 Å². The number of hydrogen-bond donors (Lipinski definition) is 0. The van der Waals surface area contributed by atoms with Gasteiger partial charge in [0.25, 0.3) is 0 Å². The molecule has 0 saturated carbocycles. The molecule has 1 aromatic heterocycles. The quantitative estimate of drug-likeness (QED) is 0.474. The Balaban J connectivity index is 2.43. The minimum Gasteiger partial charge on any atom is -0.616 e. The van der Waals surface area contributed by atoms with Gasteiger partial charge >= 0.3 is 5.88 Å². The van der Waals surface area contributed by atoms with Crippen LogP contribution in [0.25, 0.3) is 0 Å². The second kappa shape index (κ2) is 5.85. The third-order valence-electron chi connectivity index (χ3n) is 2.72. The summed E-state index contributed by atoms with van der Waals surface area (Å²) in [6, 6.07) is 9.60. The third-order valence-corrected chi connectivity index (χ3v) is 3.87. The minimum atomic E-state index is -3.35. The Labute approximate surface area is 123 Å². The Morgan fingerprint density at radius 2 is 1.86 bits per heavy atom. The maximum Gasteiger partial charge on any atom is 0.379 e. The molecule has 0 N–H and O–H groups in total. The average Bonchev–Trinajstić information content (AvgIpc) is 2.44. The zero-order valence-electron chi connectivity index (χ0n) is 11.5. The topological polar surface area (TPSA) is 70.3 Å². The number of sulfone groups is 1. The van der Waals surface area contributed by atoms with E-state index in [1.54, 1.807) is 24.3 Å². The van der Waals surface area contributed by atoms with Crippen LogP contribution in [-0.2, 0) is 9.84 Å². The van der Waals surface area contributed by atoms with E-state index in [1.807, 2.05) is 0 Å². The number of benzene rings is 1. The van der Waals surface area contributed by atoms with Crippen molar-refractivity contribution < 1.29 is 17.9 Å².